The Hall–Kier alpha value is -4.44. The maximum absolute atomic E-state index is 13.3. The van der Waals surface area contributed by atoms with Gasteiger partial charge in [-0.15, -0.1) is 0 Å². The number of carbonyl (C=O) groups is 4. The highest BCUT2D eigenvalue weighted by Crippen LogP contribution is 2.24. The Morgan fingerprint density at radius 2 is 1.71 bits per heavy atom. The molecule has 3 N–H and O–H groups in total. The molecule has 41 heavy (non-hydrogen) atoms. The number of aromatic carboxylic acids is 1. The number of nitrogens with zero attached hydrogens (tertiary/aromatic N) is 1. The van der Waals surface area contributed by atoms with Gasteiger partial charge < -0.3 is 20.2 Å². The van der Waals surface area contributed by atoms with Crippen LogP contribution in [0.25, 0.3) is 11.3 Å². The number of carbonyl (C=O) groups excluding carboxylic acids is 3. The fourth-order valence-corrected chi connectivity index (χ4v) is 4.50. The van der Waals surface area contributed by atoms with Crippen LogP contribution in [0, 0.1) is 5.92 Å². The van der Waals surface area contributed by atoms with Crippen molar-refractivity contribution in [3.63, 3.8) is 0 Å². The van der Waals surface area contributed by atoms with Crippen LogP contribution >= 0.6 is 0 Å². The smallest absolute Gasteiger partial charge is 0.335 e. The van der Waals surface area contributed by atoms with E-state index in [9.17, 15) is 19.2 Å². The average molecular weight is 564 g/mol. The van der Waals surface area contributed by atoms with Gasteiger partial charge >= 0.3 is 5.97 Å². The Kier molecular flexibility index (Phi) is 12.1. The molecule has 0 aliphatic rings. The molecule has 2 atom stereocenters. The number of furan rings is 1. The van der Waals surface area contributed by atoms with Gasteiger partial charge in [0.25, 0.3) is 5.91 Å². The van der Waals surface area contributed by atoms with E-state index >= 15 is 0 Å². The van der Waals surface area contributed by atoms with E-state index in [1.807, 2.05) is 37.3 Å². The summed E-state index contributed by atoms with van der Waals surface area (Å²) in [6, 6.07) is 18.2. The normalized spacial score (nSPS) is 12.2. The van der Waals surface area contributed by atoms with Crippen molar-refractivity contribution in [2.45, 2.75) is 58.6 Å². The number of hydroxylamine groups is 2. The number of hydrogen-bond donors (Lipinski definition) is 3. The average Bonchev–Trinajstić information content (AvgIpc) is 3.49. The number of carboxylic acid groups (broad SMARTS) is 1. The molecular weight excluding hydrogens is 526 g/mol. The van der Waals surface area contributed by atoms with E-state index in [-0.39, 0.29) is 30.5 Å². The lowest BCUT2D eigenvalue weighted by Crippen LogP contribution is -2.48. The molecule has 0 saturated heterocycles. The molecule has 0 aliphatic carbocycles. The van der Waals surface area contributed by atoms with Crippen molar-refractivity contribution < 1.29 is 33.5 Å². The van der Waals surface area contributed by atoms with Crippen molar-refractivity contribution in [1.82, 2.24) is 15.7 Å². The fourth-order valence-electron chi connectivity index (χ4n) is 4.50. The van der Waals surface area contributed by atoms with E-state index < -0.39 is 23.8 Å². The van der Waals surface area contributed by atoms with E-state index in [0.29, 0.717) is 30.6 Å². The molecule has 0 aliphatic heterocycles. The number of hydrogen-bond acceptors (Lipinski definition) is 6. The van der Waals surface area contributed by atoms with E-state index in [2.05, 4.69) is 17.6 Å². The first kappa shape index (κ1) is 31.1. The second-order valence-electron chi connectivity index (χ2n) is 9.57. The predicted octanol–water partition coefficient (Wildman–Crippen LogP) is 5.01. The zero-order chi connectivity index (χ0) is 29.6. The minimum Gasteiger partial charge on any atom is -0.478 e. The van der Waals surface area contributed by atoms with Gasteiger partial charge in [0.15, 0.2) is 5.76 Å². The first-order valence-corrected chi connectivity index (χ1v) is 13.8. The van der Waals surface area contributed by atoms with Crippen LogP contribution in [0.2, 0.25) is 0 Å². The van der Waals surface area contributed by atoms with E-state index in [4.69, 9.17) is 14.4 Å². The van der Waals surface area contributed by atoms with Crippen LogP contribution in [0.5, 0.6) is 0 Å². The third-order valence-electron chi connectivity index (χ3n) is 6.75. The molecule has 2 unspecified atom stereocenters. The molecule has 2 aromatic carbocycles. The minimum absolute atomic E-state index is 0.0453. The van der Waals surface area contributed by atoms with Gasteiger partial charge in [0.05, 0.1) is 24.2 Å². The highest BCUT2D eigenvalue weighted by molar-refractivity contribution is 5.92. The summed E-state index contributed by atoms with van der Waals surface area (Å²) in [5, 5.41) is 15.7. The topological polar surface area (TPSA) is 138 Å². The molecule has 0 radical (unpaired) electrons. The van der Waals surface area contributed by atoms with Crippen molar-refractivity contribution in [1.29, 1.82) is 0 Å². The maximum Gasteiger partial charge on any atom is 0.335 e. The summed E-state index contributed by atoms with van der Waals surface area (Å²) in [5.74, 6) is -1.93. The highest BCUT2D eigenvalue weighted by atomic mass is 16.7. The monoisotopic (exact) mass is 563 g/mol. The standard InChI is InChI=1S/C31H37N3O7/c1-3-5-7-12-25(26(4-2)34(21-35)40-19-22-10-8-6-9-11-22)29(36)32-20-33-30(37)28-18-17-27(41-28)23-13-15-24(16-14-23)31(38)39/h6,8-11,13-18,21,25-26H,3-5,7,12,19-20H2,1-2H3,(H,32,36)(H,33,37)(H,38,39). The first-order chi connectivity index (χ1) is 19.9. The summed E-state index contributed by atoms with van der Waals surface area (Å²) in [6.07, 6.45) is 4.43. The summed E-state index contributed by atoms with van der Waals surface area (Å²) in [7, 11) is 0. The summed E-state index contributed by atoms with van der Waals surface area (Å²) >= 11 is 0. The molecule has 3 aromatic rings. The van der Waals surface area contributed by atoms with Crippen LogP contribution in [-0.4, -0.2) is 47.1 Å². The fraction of sp³-hybridized carbons (Fsp3) is 0.355. The van der Waals surface area contributed by atoms with Gasteiger partial charge in [0.2, 0.25) is 12.3 Å². The van der Waals surface area contributed by atoms with E-state index in [1.165, 1.54) is 23.3 Å². The third-order valence-corrected chi connectivity index (χ3v) is 6.75. The molecule has 3 rings (SSSR count). The van der Waals surface area contributed by atoms with Crippen molar-refractivity contribution in [2.75, 3.05) is 6.67 Å². The van der Waals surface area contributed by atoms with Gasteiger partial charge in [-0.2, -0.15) is 0 Å². The summed E-state index contributed by atoms with van der Waals surface area (Å²) < 4.78 is 5.63. The lowest BCUT2D eigenvalue weighted by atomic mass is 9.90. The molecule has 3 amide bonds. The molecule has 10 nitrogen and oxygen atoms in total. The van der Waals surface area contributed by atoms with E-state index in [1.54, 1.807) is 18.2 Å². The molecular formula is C31H37N3O7. The van der Waals surface area contributed by atoms with Crippen LogP contribution in [0.15, 0.2) is 71.1 Å². The second-order valence-corrected chi connectivity index (χ2v) is 9.57. The molecule has 218 valence electrons. The molecule has 0 spiro atoms. The largest absolute Gasteiger partial charge is 0.478 e. The quantitative estimate of drug-likeness (QED) is 0.0908. The van der Waals surface area contributed by atoms with Gasteiger partial charge in [-0.1, -0.05) is 75.6 Å². The Labute approximate surface area is 239 Å². The Bertz CT molecular complexity index is 1270. The lowest BCUT2D eigenvalue weighted by molar-refractivity contribution is -0.200. The van der Waals surface area contributed by atoms with Gasteiger partial charge in [-0.3, -0.25) is 19.2 Å². The van der Waals surface area contributed by atoms with Gasteiger partial charge in [0.1, 0.15) is 12.4 Å². The SMILES string of the molecule is CCCCCC(C(=O)NCNC(=O)c1ccc(-c2ccc(C(=O)O)cc2)o1)C(CC)N(C=O)OCc1ccccc1. The van der Waals surface area contributed by atoms with Gasteiger partial charge in [0, 0.05) is 5.56 Å². The van der Waals surface area contributed by atoms with Crippen LogP contribution in [-0.2, 0) is 21.0 Å². The second kappa shape index (κ2) is 16.0. The zero-order valence-corrected chi connectivity index (χ0v) is 23.4. The molecule has 1 heterocycles. The summed E-state index contributed by atoms with van der Waals surface area (Å²) in [6.45, 7) is 4.05. The lowest BCUT2D eigenvalue weighted by Gasteiger charge is -2.32. The van der Waals surface area contributed by atoms with Gasteiger partial charge in [-0.25, -0.2) is 9.86 Å². The van der Waals surface area contributed by atoms with Crippen molar-refractivity contribution >= 4 is 24.2 Å². The number of unbranched alkanes of at least 4 members (excludes halogenated alkanes) is 2. The first-order valence-electron chi connectivity index (χ1n) is 13.8. The molecule has 1 aromatic heterocycles. The van der Waals surface area contributed by atoms with Crippen LogP contribution < -0.4 is 10.6 Å². The van der Waals surface area contributed by atoms with Crippen molar-refractivity contribution in [3.8, 4) is 11.3 Å². The maximum atomic E-state index is 13.3. The minimum atomic E-state index is -1.03. The molecule has 0 bridgehead atoms. The number of carboxylic acids is 1. The van der Waals surface area contributed by atoms with Crippen molar-refractivity contribution in [3.05, 3.63) is 83.6 Å². The summed E-state index contributed by atoms with van der Waals surface area (Å²) in [5.41, 5.74) is 1.67. The van der Waals surface area contributed by atoms with E-state index in [0.717, 1.165) is 24.8 Å². The predicted molar refractivity (Wildman–Crippen MR) is 152 cm³/mol. The Morgan fingerprint density at radius 3 is 2.34 bits per heavy atom. The Balaban J connectivity index is 1.60. The van der Waals surface area contributed by atoms with Crippen LogP contribution in [0.3, 0.4) is 0 Å². The molecule has 0 fully saturated rings. The summed E-state index contributed by atoms with van der Waals surface area (Å²) in [4.78, 5) is 54.8. The number of rotatable bonds is 17. The zero-order valence-electron chi connectivity index (χ0n) is 23.4. The van der Waals surface area contributed by atoms with Crippen molar-refractivity contribution in [2.24, 2.45) is 5.92 Å². The number of nitrogens with one attached hydrogen (secondary N) is 2. The highest BCUT2D eigenvalue weighted by Gasteiger charge is 2.32. The number of amides is 3. The van der Waals surface area contributed by atoms with Crippen LogP contribution in [0.4, 0.5) is 0 Å². The van der Waals surface area contributed by atoms with Gasteiger partial charge in [-0.05, 0) is 42.7 Å². The molecule has 0 saturated carbocycles. The third kappa shape index (κ3) is 9.04. The number of benzene rings is 2. The molecule has 10 heteroatoms. The Morgan fingerprint density at radius 1 is 0.976 bits per heavy atom. The van der Waals surface area contributed by atoms with Crippen LogP contribution in [0.1, 0.15) is 72.4 Å².